The average Bonchev–Trinajstić information content (AvgIpc) is 2.43. The van der Waals surface area contributed by atoms with Crippen LogP contribution in [0.2, 0.25) is 0 Å². The van der Waals surface area contributed by atoms with Crippen LogP contribution in [0, 0.1) is 6.92 Å². The van der Waals surface area contributed by atoms with E-state index >= 15 is 0 Å². The van der Waals surface area contributed by atoms with Crippen molar-refractivity contribution in [3.63, 3.8) is 0 Å². The van der Waals surface area contributed by atoms with Crippen LogP contribution in [0.25, 0.3) is 0 Å². The third-order valence-electron chi connectivity index (χ3n) is 2.97. The van der Waals surface area contributed by atoms with Crippen molar-refractivity contribution in [3.8, 4) is 0 Å². The van der Waals surface area contributed by atoms with Gasteiger partial charge in [0.05, 0.1) is 29.2 Å². The molecule has 1 saturated heterocycles. The summed E-state index contributed by atoms with van der Waals surface area (Å²) in [6.07, 6.45) is 0. The minimum atomic E-state index is 0.129. The minimum absolute atomic E-state index is 0.129. The van der Waals surface area contributed by atoms with Crippen LogP contribution < -0.4 is 5.32 Å². The minimum Gasteiger partial charge on any atom is -0.379 e. The summed E-state index contributed by atoms with van der Waals surface area (Å²) in [6.45, 7) is 11.2. The van der Waals surface area contributed by atoms with Crippen LogP contribution in [-0.2, 0) is 18.3 Å². The van der Waals surface area contributed by atoms with Crippen molar-refractivity contribution < 1.29 is 4.74 Å². The molecule has 0 bridgehead atoms. The molecule has 1 fully saturated rings. The van der Waals surface area contributed by atoms with Crippen LogP contribution in [-0.4, -0.2) is 33.8 Å². The third kappa shape index (κ3) is 3.28. The highest BCUT2D eigenvalue weighted by Crippen LogP contribution is 2.31. The average molecular weight is 269 g/mol. The van der Waals surface area contributed by atoms with Gasteiger partial charge in [-0.3, -0.25) is 4.68 Å². The number of nitrogens with one attached hydrogen (secondary N) is 1. The van der Waals surface area contributed by atoms with E-state index in [1.54, 1.807) is 0 Å². The summed E-state index contributed by atoms with van der Waals surface area (Å²) in [5.41, 5.74) is 2.57. The lowest BCUT2D eigenvalue weighted by Crippen LogP contribution is -2.35. The van der Waals surface area contributed by atoms with Crippen LogP contribution in [0.1, 0.15) is 32.0 Å². The Hall–Kier alpha value is -0.520. The Morgan fingerprint density at radius 2 is 2.11 bits per heavy atom. The molecule has 5 heteroatoms. The zero-order valence-electron chi connectivity index (χ0n) is 11.9. The first-order valence-electron chi connectivity index (χ1n) is 6.39. The van der Waals surface area contributed by atoms with Crippen molar-refractivity contribution in [3.05, 3.63) is 11.3 Å². The summed E-state index contributed by atoms with van der Waals surface area (Å²) < 4.78 is 7.24. The van der Waals surface area contributed by atoms with Gasteiger partial charge in [-0.05, 0) is 27.7 Å². The monoisotopic (exact) mass is 269 g/mol. The van der Waals surface area contributed by atoms with E-state index in [-0.39, 0.29) is 5.54 Å². The zero-order valence-corrected chi connectivity index (χ0v) is 12.7. The Morgan fingerprint density at radius 3 is 2.61 bits per heavy atom. The van der Waals surface area contributed by atoms with Gasteiger partial charge in [-0.15, -0.1) is 0 Å². The summed E-state index contributed by atoms with van der Waals surface area (Å²) in [6, 6.07) is 0. The molecule has 1 aliphatic rings. The van der Waals surface area contributed by atoms with Crippen molar-refractivity contribution in [1.29, 1.82) is 0 Å². The quantitative estimate of drug-likeness (QED) is 0.908. The van der Waals surface area contributed by atoms with E-state index in [0.717, 1.165) is 25.5 Å². The normalized spacial score (nSPS) is 16.9. The molecule has 1 N–H and O–H groups in total. The molecule has 102 valence electrons. The maximum Gasteiger partial charge on any atom is 0.0988 e. The molecule has 0 aromatic carbocycles. The second-order valence-electron chi connectivity index (χ2n) is 5.87. The first kappa shape index (κ1) is 13.9. The molecule has 0 spiro atoms. The smallest absolute Gasteiger partial charge is 0.0988 e. The highest BCUT2D eigenvalue weighted by Gasteiger charge is 2.24. The molecular weight excluding hydrogens is 246 g/mol. The van der Waals surface area contributed by atoms with Gasteiger partial charge >= 0.3 is 0 Å². The first-order valence-corrected chi connectivity index (χ1v) is 7.26. The Labute approximate surface area is 113 Å². The van der Waals surface area contributed by atoms with E-state index in [0.29, 0.717) is 5.25 Å². The highest BCUT2D eigenvalue weighted by molar-refractivity contribution is 8.00. The predicted octanol–water partition coefficient (Wildman–Crippen LogP) is 2.11. The largest absolute Gasteiger partial charge is 0.379 e. The van der Waals surface area contributed by atoms with E-state index in [1.165, 1.54) is 10.6 Å². The molecule has 1 aromatic rings. The Bertz CT molecular complexity index is 419. The molecule has 0 unspecified atom stereocenters. The van der Waals surface area contributed by atoms with Crippen LogP contribution in [0.3, 0.4) is 0 Å². The lowest BCUT2D eigenvalue weighted by molar-refractivity contribution is 0.0454. The van der Waals surface area contributed by atoms with Crippen molar-refractivity contribution >= 4 is 11.8 Å². The summed E-state index contributed by atoms with van der Waals surface area (Å²) in [4.78, 5) is 0. The molecule has 0 radical (unpaired) electrons. The number of aryl methyl sites for hydroxylation is 2. The van der Waals surface area contributed by atoms with Gasteiger partial charge < -0.3 is 10.1 Å². The van der Waals surface area contributed by atoms with Crippen LogP contribution in [0.4, 0.5) is 0 Å². The fourth-order valence-electron chi connectivity index (χ4n) is 1.83. The number of hydrogen-bond acceptors (Lipinski definition) is 4. The van der Waals surface area contributed by atoms with Crippen molar-refractivity contribution in [2.75, 3.05) is 13.2 Å². The number of aromatic nitrogens is 2. The molecule has 1 aliphatic heterocycles. The standard InChI is InChI=1S/C13H23N3OS/c1-9-11(6-14-13(2,3)4)12(16(5)15-9)18-10-7-17-8-10/h10,14H,6-8H2,1-5H3. The number of nitrogens with zero attached hydrogens (tertiary/aromatic N) is 2. The topological polar surface area (TPSA) is 39.1 Å². The number of thioether (sulfide) groups is 1. The SMILES string of the molecule is Cc1nn(C)c(SC2COC2)c1CNC(C)(C)C. The van der Waals surface area contributed by atoms with Gasteiger partial charge in [0.15, 0.2) is 0 Å². The molecule has 2 rings (SSSR count). The summed E-state index contributed by atoms with van der Waals surface area (Å²) in [7, 11) is 2.02. The van der Waals surface area contributed by atoms with E-state index in [1.807, 2.05) is 23.5 Å². The van der Waals surface area contributed by atoms with Gasteiger partial charge in [0, 0.05) is 24.7 Å². The summed E-state index contributed by atoms with van der Waals surface area (Å²) in [5.74, 6) is 0. The Kier molecular flexibility index (Phi) is 4.04. The second-order valence-corrected chi connectivity index (χ2v) is 7.16. The number of ether oxygens (including phenoxy) is 1. The molecule has 1 aromatic heterocycles. The van der Waals surface area contributed by atoms with E-state index < -0.39 is 0 Å². The molecule has 0 amide bonds. The Morgan fingerprint density at radius 1 is 1.44 bits per heavy atom. The number of hydrogen-bond donors (Lipinski definition) is 1. The Balaban J connectivity index is 2.11. The van der Waals surface area contributed by atoms with E-state index in [2.05, 4.69) is 38.1 Å². The fraction of sp³-hybridized carbons (Fsp3) is 0.769. The van der Waals surface area contributed by atoms with Crippen LogP contribution >= 0.6 is 11.8 Å². The molecule has 4 nitrogen and oxygen atoms in total. The van der Waals surface area contributed by atoms with Gasteiger partial charge in [0.1, 0.15) is 0 Å². The van der Waals surface area contributed by atoms with Gasteiger partial charge in [0.25, 0.3) is 0 Å². The maximum absolute atomic E-state index is 5.24. The first-order chi connectivity index (χ1) is 8.37. The van der Waals surface area contributed by atoms with Gasteiger partial charge in [-0.2, -0.15) is 5.10 Å². The lowest BCUT2D eigenvalue weighted by Gasteiger charge is -2.26. The van der Waals surface area contributed by atoms with Gasteiger partial charge in [-0.25, -0.2) is 0 Å². The lowest BCUT2D eigenvalue weighted by atomic mass is 10.1. The molecule has 0 atom stereocenters. The van der Waals surface area contributed by atoms with E-state index in [4.69, 9.17) is 4.74 Å². The zero-order chi connectivity index (χ0) is 13.3. The third-order valence-corrected chi connectivity index (χ3v) is 4.31. The van der Waals surface area contributed by atoms with Crippen molar-refractivity contribution in [1.82, 2.24) is 15.1 Å². The fourth-order valence-corrected chi connectivity index (χ4v) is 3.03. The maximum atomic E-state index is 5.24. The second kappa shape index (κ2) is 5.23. The van der Waals surface area contributed by atoms with E-state index in [9.17, 15) is 0 Å². The highest BCUT2D eigenvalue weighted by atomic mass is 32.2. The molecule has 2 heterocycles. The predicted molar refractivity (Wildman–Crippen MR) is 75.0 cm³/mol. The molecular formula is C13H23N3OS. The van der Waals surface area contributed by atoms with Gasteiger partial charge in [-0.1, -0.05) is 11.8 Å². The van der Waals surface area contributed by atoms with Crippen molar-refractivity contribution in [2.24, 2.45) is 7.05 Å². The molecule has 0 aliphatic carbocycles. The summed E-state index contributed by atoms with van der Waals surface area (Å²) >= 11 is 1.89. The van der Waals surface area contributed by atoms with Crippen molar-refractivity contribution in [2.45, 2.75) is 50.1 Å². The molecule has 0 saturated carbocycles. The van der Waals surface area contributed by atoms with Gasteiger partial charge in [0.2, 0.25) is 0 Å². The van der Waals surface area contributed by atoms with Crippen LogP contribution in [0.15, 0.2) is 5.03 Å². The number of rotatable bonds is 4. The molecule has 18 heavy (non-hydrogen) atoms. The summed E-state index contributed by atoms with van der Waals surface area (Å²) in [5, 5.41) is 9.95. The van der Waals surface area contributed by atoms with Crippen LogP contribution in [0.5, 0.6) is 0 Å².